The first kappa shape index (κ1) is 40.8. The molecule has 2 aliphatic heterocycles. The second-order valence-electron chi connectivity index (χ2n) is 14.9. The van der Waals surface area contributed by atoms with E-state index in [1.54, 1.807) is 44.3 Å². The van der Waals surface area contributed by atoms with E-state index < -0.39 is 47.4 Å². The number of ether oxygens (including phenoxy) is 2. The van der Waals surface area contributed by atoms with Crippen molar-refractivity contribution in [1.82, 2.24) is 40.6 Å². The van der Waals surface area contributed by atoms with Gasteiger partial charge in [0.05, 0.1) is 66.1 Å². The number of fused-ring (bicyclic) bond motifs is 2. The second kappa shape index (κ2) is 17.6. The number of hydrogen-bond acceptors (Lipinski definition) is 14. The van der Waals surface area contributed by atoms with E-state index in [0.717, 1.165) is 17.7 Å². The fraction of sp³-hybridized carbons (Fsp3) is 0.425. The van der Waals surface area contributed by atoms with Crippen LogP contribution in [0.3, 0.4) is 0 Å². The number of alkyl halides is 1. The van der Waals surface area contributed by atoms with Gasteiger partial charge in [-0.25, -0.2) is 14.4 Å². The van der Waals surface area contributed by atoms with Gasteiger partial charge in [-0.15, -0.1) is 0 Å². The van der Waals surface area contributed by atoms with E-state index in [2.05, 4.69) is 47.7 Å². The van der Waals surface area contributed by atoms with Crippen molar-refractivity contribution in [3.8, 4) is 11.9 Å². The fourth-order valence-corrected chi connectivity index (χ4v) is 6.75. The van der Waals surface area contributed by atoms with Crippen molar-refractivity contribution < 1.29 is 37.8 Å². The number of rotatable bonds is 19. The highest BCUT2D eigenvalue weighted by Crippen LogP contribution is 2.33. The summed E-state index contributed by atoms with van der Waals surface area (Å²) < 4.78 is 28.5. The van der Waals surface area contributed by atoms with E-state index in [1.807, 2.05) is 0 Å². The highest BCUT2D eigenvalue weighted by atomic mass is 19.1. The number of aromatic nitrogens is 4. The van der Waals surface area contributed by atoms with Gasteiger partial charge < -0.3 is 30.7 Å². The lowest BCUT2D eigenvalue weighted by Crippen LogP contribution is -2.54. The van der Waals surface area contributed by atoms with Crippen molar-refractivity contribution in [3.05, 3.63) is 71.2 Å². The van der Waals surface area contributed by atoms with Gasteiger partial charge in [0.15, 0.2) is 11.5 Å². The molecule has 0 spiro atoms. The van der Waals surface area contributed by atoms with Crippen LogP contribution in [0.15, 0.2) is 48.9 Å². The lowest BCUT2D eigenvalue weighted by atomic mass is 10.0. The summed E-state index contributed by atoms with van der Waals surface area (Å²) in [6.07, 6.45) is 4.99. The number of amides is 5. The minimum atomic E-state index is -1.52. The molecule has 59 heavy (non-hydrogen) atoms. The lowest BCUT2D eigenvalue weighted by Gasteiger charge is -2.29. The average molecular weight is 810 g/mol. The van der Waals surface area contributed by atoms with Gasteiger partial charge in [0.25, 0.3) is 17.7 Å². The maximum absolute atomic E-state index is 15.4. The number of nitrogens with zero attached hydrogens (tertiary/aromatic N) is 6. The van der Waals surface area contributed by atoms with Gasteiger partial charge in [-0.1, -0.05) is 6.07 Å². The Balaban J connectivity index is 0.806. The largest absolute Gasteiger partial charge is 0.382 e. The van der Waals surface area contributed by atoms with Crippen LogP contribution < -0.4 is 26.6 Å². The number of imide groups is 2. The first-order valence-electron chi connectivity index (χ1n) is 19.4. The molecule has 5 amide bonds. The third-order valence-corrected chi connectivity index (χ3v) is 10.2. The van der Waals surface area contributed by atoms with Crippen LogP contribution in [0, 0.1) is 11.3 Å². The summed E-state index contributed by atoms with van der Waals surface area (Å²) in [6.45, 7) is 5.09. The summed E-state index contributed by atoms with van der Waals surface area (Å²) in [5, 5.41) is 28.8. The number of halogens is 1. The number of carbonyl (C=O) groups excluding carboxylic acids is 5. The Morgan fingerprint density at radius 3 is 2.59 bits per heavy atom. The molecule has 2 unspecified atom stereocenters. The highest BCUT2D eigenvalue weighted by Gasteiger charge is 2.45. The smallest absolute Gasteiger partial charge is 0.264 e. The number of benzene rings is 1. The fourth-order valence-electron chi connectivity index (χ4n) is 6.75. The Labute approximate surface area is 338 Å². The van der Waals surface area contributed by atoms with Crippen molar-refractivity contribution in [2.24, 2.45) is 0 Å². The number of piperidine rings is 1. The molecule has 0 radical (unpaired) electrons. The Bertz CT molecular complexity index is 2320. The SMILES string of the molecule is CC(C)(OCCNCCOCCNc1cccc2c1C(=O)N(C1CCC(=O)NC1=O)C2=O)C(F)CNC(=O)c1cnc(-n2ncc3cc(C#N)cnc32)cc1NC1CC1. The monoisotopic (exact) mass is 809 g/mol. The molecular formula is C40H44FN11O7. The second-order valence-corrected chi connectivity index (χ2v) is 14.9. The van der Waals surface area contributed by atoms with Crippen LogP contribution in [0.25, 0.3) is 16.9 Å². The number of pyridine rings is 2. The Morgan fingerprint density at radius 2 is 1.81 bits per heavy atom. The minimum Gasteiger partial charge on any atom is -0.382 e. The first-order valence-corrected chi connectivity index (χ1v) is 19.4. The van der Waals surface area contributed by atoms with E-state index in [0.29, 0.717) is 66.6 Å². The zero-order valence-electron chi connectivity index (χ0n) is 32.5. The van der Waals surface area contributed by atoms with Crippen molar-refractivity contribution in [1.29, 1.82) is 5.26 Å². The van der Waals surface area contributed by atoms with Crippen LogP contribution in [0.2, 0.25) is 0 Å². The minimum absolute atomic E-state index is 0.0426. The Kier molecular flexibility index (Phi) is 12.2. The van der Waals surface area contributed by atoms with Crippen LogP contribution in [0.1, 0.15) is 76.2 Å². The molecule has 308 valence electrons. The molecule has 2 atom stereocenters. The van der Waals surface area contributed by atoms with Gasteiger partial charge >= 0.3 is 0 Å². The van der Waals surface area contributed by atoms with Crippen LogP contribution in [0.4, 0.5) is 15.8 Å². The van der Waals surface area contributed by atoms with Gasteiger partial charge in [-0.2, -0.15) is 15.0 Å². The van der Waals surface area contributed by atoms with E-state index in [1.165, 1.54) is 23.1 Å². The zero-order chi connectivity index (χ0) is 41.7. The van der Waals surface area contributed by atoms with Crippen molar-refractivity contribution >= 4 is 51.9 Å². The number of anilines is 2. The summed E-state index contributed by atoms with van der Waals surface area (Å²) in [7, 11) is 0. The summed E-state index contributed by atoms with van der Waals surface area (Å²) in [5.41, 5.74) is 1.34. The van der Waals surface area contributed by atoms with Crippen LogP contribution in [-0.4, -0.2) is 124 Å². The zero-order valence-corrected chi connectivity index (χ0v) is 32.5. The van der Waals surface area contributed by atoms with Crippen molar-refractivity contribution in [2.45, 2.75) is 63.4 Å². The molecule has 2 fully saturated rings. The predicted octanol–water partition coefficient (Wildman–Crippen LogP) is 2.24. The van der Waals surface area contributed by atoms with Gasteiger partial charge in [0, 0.05) is 61.6 Å². The van der Waals surface area contributed by atoms with Crippen LogP contribution >= 0.6 is 0 Å². The third-order valence-electron chi connectivity index (χ3n) is 10.2. The number of hydrogen-bond donors (Lipinski definition) is 5. The van der Waals surface area contributed by atoms with Crippen molar-refractivity contribution in [3.63, 3.8) is 0 Å². The van der Waals surface area contributed by atoms with Gasteiger partial charge in [0.2, 0.25) is 11.8 Å². The van der Waals surface area contributed by atoms with E-state index >= 15 is 4.39 Å². The molecule has 0 bridgehead atoms. The molecule has 5 heterocycles. The molecular weight excluding hydrogens is 766 g/mol. The van der Waals surface area contributed by atoms with Gasteiger partial charge in [-0.05, 0) is 51.3 Å². The van der Waals surface area contributed by atoms with Crippen LogP contribution in [-0.2, 0) is 19.1 Å². The number of carbonyl (C=O) groups is 5. The lowest BCUT2D eigenvalue weighted by molar-refractivity contribution is -0.136. The Hall–Kier alpha value is -6.36. The molecule has 3 aliphatic rings. The summed E-state index contributed by atoms with van der Waals surface area (Å²) in [6, 6.07) is 9.48. The Morgan fingerprint density at radius 1 is 1.02 bits per heavy atom. The molecule has 1 aromatic carbocycles. The van der Waals surface area contributed by atoms with Crippen molar-refractivity contribution in [2.75, 3.05) is 56.6 Å². The molecule has 7 rings (SSSR count). The summed E-state index contributed by atoms with van der Waals surface area (Å²) in [5.74, 6) is -2.32. The highest BCUT2D eigenvalue weighted by molar-refractivity contribution is 6.25. The molecule has 1 aliphatic carbocycles. The standard InChI is InChI=1S/C40H44FN11O7/c1-40(2,31(41)22-47-36(54)27-21-45-32(17-29(27)49-25-6-7-25)52-35-24(20-48-52)16-23(18-42)19-46-35)59-15-11-43-10-13-58-14-12-44-28-5-3-4-26-34(28)39(57)51(38(26)56)30-8-9-33(53)50-37(30)55/h3-5,16-17,19-21,25,30-31,43-44H,6-15,22H2,1-2H3,(H,45,49)(H,47,54)(H,50,53,55). The summed E-state index contributed by atoms with van der Waals surface area (Å²) in [4.78, 5) is 73.2. The molecule has 1 saturated carbocycles. The van der Waals surface area contributed by atoms with Gasteiger partial charge in [-0.3, -0.25) is 34.2 Å². The maximum Gasteiger partial charge on any atom is 0.264 e. The first-order chi connectivity index (χ1) is 28.4. The maximum atomic E-state index is 15.4. The molecule has 18 nitrogen and oxygen atoms in total. The third kappa shape index (κ3) is 9.19. The average Bonchev–Trinajstić information content (AvgIpc) is 3.88. The van der Waals surface area contributed by atoms with E-state index in [-0.39, 0.29) is 48.7 Å². The van der Waals surface area contributed by atoms with Crippen LogP contribution in [0.5, 0.6) is 0 Å². The summed E-state index contributed by atoms with van der Waals surface area (Å²) >= 11 is 0. The molecule has 3 aromatic heterocycles. The molecule has 4 aromatic rings. The van der Waals surface area contributed by atoms with Gasteiger partial charge in [0.1, 0.15) is 18.3 Å². The predicted molar refractivity (Wildman–Crippen MR) is 211 cm³/mol. The normalized spacial score (nSPS) is 17.1. The quantitative estimate of drug-likeness (QED) is 0.0676. The molecule has 1 saturated heterocycles. The number of nitriles is 1. The number of nitrogens with one attached hydrogen (secondary N) is 5. The topological polar surface area (TPSA) is 235 Å². The van der Waals surface area contributed by atoms with E-state index in [4.69, 9.17) is 9.47 Å². The van der Waals surface area contributed by atoms with E-state index in [9.17, 15) is 29.2 Å². The molecule has 19 heteroatoms. The molecule has 5 N–H and O–H groups in total.